The molecule has 12 heteroatoms. The standard InChI is InChI=1S/C22H32FN5O5S/c1-4-6-8-14-27(19-20(24)28(13-7-5-2)22(31)25-21(19)30)18(29)15-26(3)34(32,33)17-11-9-16(23)10-12-17/h9-12H,4-8,13-15,24H2,1-3H3,(H,25,30,31). The van der Waals surface area contributed by atoms with Crippen LogP contribution in [0.15, 0.2) is 38.8 Å². The molecule has 1 aromatic carbocycles. The van der Waals surface area contributed by atoms with E-state index in [1.807, 2.05) is 13.8 Å². The molecule has 2 aromatic rings. The smallest absolute Gasteiger partial charge is 0.330 e. The van der Waals surface area contributed by atoms with Crippen LogP contribution >= 0.6 is 0 Å². The largest absolute Gasteiger partial charge is 0.383 e. The average Bonchev–Trinajstić information content (AvgIpc) is 2.78. The Labute approximate surface area is 198 Å². The van der Waals surface area contributed by atoms with Crippen LogP contribution in [0, 0.1) is 5.82 Å². The predicted molar refractivity (Wildman–Crippen MR) is 129 cm³/mol. The second kappa shape index (κ2) is 11.9. The summed E-state index contributed by atoms with van der Waals surface area (Å²) in [4.78, 5) is 41.4. The van der Waals surface area contributed by atoms with E-state index >= 15 is 0 Å². The van der Waals surface area contributed by atoms with Gasteiger partial charge >= 0.3 is 5.69 Å². The van der Waals surface area contributed by atoms with Crippen molar-refractivity contribution in [3.63, 3.8) is 0 Å². The molecule has 0 aliphatic heterocycles. The number of nitrogen functional groups attached to an aromatic ring is 1. The number of likely N-dealkylation sites (N-methyl/N-ethyl adjacent to an activating group) is 1. The highest BCUT2D eigenvalue weighted by molar-refractivity contribution is 7.89. The van der Waals surface area contributed by atoms with Crippen molar-refractivity contribution in [2.45, 2.75) is 57.4 Å². The lowest BCUT2D eigenvalue weighted by molar-refractivity contribution is -0.118. The van der Waals surface area contributed by atoms with Crippen molar-refractivity contribution in [3.05, 3.63) is 50.9 Å². The fraction of sp³-hybridized carbons (Fsp3) is 0.500. The number of rotatable bonds is 12. The van der Waals surface area contributed by atoms with Crippen LogP contribution in [-0.2, 0) is 21.4 Å². The lowest BCUT2D eigenvalue weighted by Crippen LogP contribution is -2.46. The highest BCUT2D eigenvalue weighted by Gasteiger charge is 2.29. The van der Waals surface area contributed by atoms with Gasteiger partial charge in [0.1, 0.15) is 11.6 Å². The van der Waals surface area contributed by atoms with Crippen molar-refractivity contribution in [1.29, 1.82) is 0 Å². The van der Waals surface area contributed by atoms with Gasteiger partial charge in [0.15, 0.2) is 5.69 Å². The number of aromatic amines is 1. The molecule has 1 heterocycles. The molecule has 0 saturated heterocycles. The number of hydrogen-bond donors (Lipinski definition) is 2. The van der Waals surface area contributed by atoms with E-state index < -0.39 is 39.5 Å². The molecule has 10 nitrogen and oxygen atoms in total. The summed E-state index contributed by atoms with van der Waals surface area (Å²) in [5, 5.41) is 0. The summed E-state index contributed by atoms with van der Waals surface area (Å²) < 4.78 is 40.9. The number of nitrogens with two attached hydrogens (primary N) is 1. The van der Waals surface area contributed by atoms with Crippen molar-refractivity contribution in [2.24, 2.45) is 0 Å². The van der Waals surface area contributed by atoms with Gasteiger partial charge in [0.25, 0.3) is 5.56 Å². The Morgan fingerprint density at radius 3 is 2.29 bits per heavy atom. The number of H-pyrrole nitrogens is 1. The molecule has 2 rings (SSSR count). The Morgan fingerprint density at radius 1 is 1.09 bits per heavy atom. The number of amides is 1. The van der Waals surface area contributed by atoms with Crippen LogP contribution in [0.25, 0.3) is 0 Å². The molecule has 0 bridgehead atoms. The minimum atomic E-state index is -4.09. The average molecular weight is 498 g/mol. The van der Waals surface area contributed by atoms with Crippen molar-refractivity contribution in [2.75, 3.05) is 30.8 Å². The van der Waals surface area contributed by atoms with E-state index in [0.29, 0.717) is 12.8 Å². The van der Waals surface area contributed by atoms with Crippen molar-refractivity contribution < 1.29 is 17.6 Å². The molecular weight excluding hydrogens is 465 g/mol. The number of benzene rings is 1. The van der Waals surface area contributed by atoms with E-state index in [9.17, 15) is 27.2 Å². The number of nitrogens with one attached hydrogen (secondary N) is 1. The van der Waals surface area contributed by atoms with Gasteiger partial charge in [-0.15, -0.1) is 0 Å². The maximum absolute atomic E-state index is 13.3. The summed E-state index contributed by atoms with van der Waals surface area (Å²) in [5.74, 6) is -1.41. The van der Waals surface area contributed by atoms with Gasteiger partial charge in [0.2, 0.25) is 15.9 Å². The molecule has 1 amide bonds. The summed E-state index contributed by atoms with van der Waals surface area (Å²) in [6.07, 6.45) is 3.58. The molecule has 3 N–H and O–H groups in total. The topological polar surface area (TPSA) is 139 Å². The molecule has 0 atom stereocenters. The molecule has 0 fully saturated rings. The van der Waals surface area contributed by atoms with Crippen molar-refractivity contribution in [3.8, 4) is 0 Å². The zero-order valence-corrected chi connectivity index (χ0v) is 20.5. The van der Waals surface area contributed by atoms with Gasteiger partial charge in [-0.3, -0.25) is 19.1 Å². The first-order valence-electron chi connectivity index (χ1n) is 11.2. The number of nitrogens with zero attached hydrogens (tertiary/aromatic N) is 3. The second-order valence-electron chi connectivity index (χ2n) is 7.97. The summed E-state index contributed by atoms with van der Waals surface area (Å²) >= 11 is 0. The van der Waals surface area contributed by atoms with E-state index in [1.165, 1.54) is 11.6 Å². The molecule has 34 heavy (non-hydrogen) atoms. The first kappa shape index (κ1) is 27.3. The zero-order chi connectivity index (χ0) is 25.5. The Balaban J connectivity index is 2.43. The van der Waals surface area contributed by atoms with Gasteiger partial charge < -0.3 is 10.6 Å². The highest BCUT2D eigenvalue weighted by atomic mass is 32.2. The molecule has 0 radical (unpaired) electrons. The third-order valence-electron chi connectivity index (χ3n) is 5.39. The van der Waals surface area contributed by atoms with Crippen LogP contribution in [0.3, 0.4) is 0 Å². The Morgan fingerprint density at radius 2 is 1.71 bits per heavy atom. The van der Waals surface area contributed by atoms with Crippen molar-refractivity contribution >= 4 is 27.4 Å². The SMILES string of the molecule is CCCCCN(C(=O)CN(C)S(=O)(=O)c1ccc(F)cc1)c1c(N)n(CCCC)c(=O)[nH]c1=O. The van der Waals surface area contributed by atoms with Crippen LogP contribution < -0.4 is 21.9 Å². The van der Waals surface area contributed by atoms with Crippen molar-refractivity contribution in [1.82, 2.24) is 13.9 Å². The number of carbonyl (C=O) groups excluding carboxylic acids is 1. The third kappa shape index (κ3) is 6.32. The highest BCUT2D eigenvalue weighted by Crippen LogP contribution is 2.20. The maximum Gasteiger partial charge on any atom is 0.330 e. The van der Waals surface area contributed by atoms with E-state index in [2.05, 4.69) is 4.98 Å². The van der Waals surface area contributed by atoms with Crippen LogP contribution in [0.2, 0.25) is 0 Å². The summed E-state index contributed by atoms with van der Waals surface area (Å²) in [6.45, 7) is 3.71. The summed E-state index contributed by atoms with van der Waals surface area (Å²) in [7, 11) is -2.87. The maximum atomic E-state index is 13.3. The predicted octanol–water partition coefficient (Wildman–Crippen LogP) is 1.90. The fourth-order valence-electron chi connectivity index (χ4n) is 3.40. The first-order valence-corrected chi connectivity index (χ1v) is 12.6. The van der Waals surface area contributed by atoms with Gasteiger partial charge in [-0.25, -0.2) is 17.6 Å². The Bertz CT molecular complexity index is 1210. The van der Waals surface area contributed by atoms with Crippen LogP contribution in [0.5, 0.6) is 0 Å². The Hall–Kier alpha value is -2.99. The van der Waals surface area contributed by atoms with Gasteiger partial charge in [0, 0.05) is 20.1 Å². The molecule has 0 aliphatic carbocycles. The minimum absolute atomic E-state index is 0.121. The molecule has 0 saturated carbocycles. The van der Waals surface area contributed by atoms with Gasteiger partial charge in [-0.05, 0) is 37.1 Å². The summed E-state index contributed by atoms with van der Waals surface area (Å²) in [6, 6.07) is 4.24. The lowest BCUT2D eigenvalue weighted by Gasteiger charge is -2.26. The van der Waals surface area contributed by atoms with Gasteiger partial charge in [0.05, 0.1) is 11.4 Å². The summed E-state index contributed by atoms with van der Waals surface area (Å²) in [5.41, 5.74) is 4.51. The van der Waals surface area contributed by atoms with Crippen LogP contribution in [0.4, 0.5) is 15.9 Å². The van der Waals surface area contributed by atoms with E-state index in [1.54, 1.807) is 0 Å². The number of unbranched alkanes of at least 4 members (excludes halogenated alkanes) is 3. The van der Waals surface area contributed by atoms with Gasteiger partial charge in [-0.2, -0.15) is 4.31 Å². The Kier molecular flexibility index (Phi) is 9.56. The van der Waals surface area contributed by atoms with E-state index in [0.717, 1.165) is 52.7 Å². The van der Waals surface area contributed by atoms with Crippen LogP contribution in [-0.4, -0.2) is 48.3 Å². The molecular formula is C22H32FN5O5S. The molecule has 0 aliphatic rings. The zero-order valence-electron chi connectivity index (χ0n) is 19.7. The van der Waals surface area contributed by atoms with E-state index in [4.69, 9.17) is 5.73 Å². The third-order valence-corrected chi connectivity index (χ3v) is 7.20. The quantitative estimate of drug-likeness (QED) is 0.430. The number of sulfonamides is 1. The van der Waals surface area contributed by atoms with E-state index in [-0.39, 0.29) is 29.5 Å². The monoisotopic (exact) mass is 497 g/mol. The van der Waals surface area contributed by atoms with Gasteiger partial charge in [-0.1, -0.05) is 33.1 Å². The normalized spacial score (nSPS) is 11.7. The number of halogens is 1. The molecule has 0 spiro atoms. The van der Waals surface area contributed by atoms with Crippen LogP contribution in [0.1, 0.15) is 46.0 Å². The number of hydrogen-bond acceptors (Lipinski definition) is 6. The molecule has 188 valence electrons. The second-order valence-corrected chi connectivity index (χ2v) is 10.0. The molecule has 0 unspecified atom stereocenters. The molecule has 1 aromatic heterocycles. The minimum Gasteiger partial charge on any atom is -0.383 e. The fourth-order valence-corrected chi connectivity index (χ4v) is 4.53. The number of aromatic nitrogens is 2. The lowest BCUT2D eigenvalue weighted by atomic mass is 10.2. The number of anilines is 2. The first-order chi connectivity index (χ1) is 16.0. The number of carbonyl (C=O) groups is 1.